The van der Waals surface area contributed by atoms with Gasteiger partial charge in [-0.15, -0.1) is 0 Å². The van der Waals surface area contributed by atoms with Crippen LogP contribution in [0.1, 0.15) is 0 Å². The Hall–Kier alpha value is -3.02. The second kappa shape index (κ2) is 4.27. The minimum atomic E-state index is 0.824. The molecule has 0 aliphatic heterocycles. The second-order valence-electron chi connectivity index (χ2n) is 4.51. The standard InChI is InChI=1S/C14H11N6/c1-2-10-8-16-20-14(10)12(3-1)19-17-11-5-4-9-7-15-18-13(9)6-11/h1-8,17H,(H,15,18)(H,16,20). The highest BCUT2D eigenvalue weighted by Crippen LogP contribution is 2.22. The Labute approximate surface area is 114 Å². The summed E-state index contributed by atoms with van der Waals surface area (Å²) < 4.78 is 0. The molecule has 1 radical (unpaired) electrons. The number of H-pyrrole nitrogens is 2. The van der Waals surface area contributed by atoms with Crippen molar-refractivity contribution < 1.29 is 0 Å². The molecule has 20 heavy (non-hydrogen) atoms. The van der Waals surface area contributed by atoms with Crippen molar-refractivity contribution in [1.82, 2.24) is 25.8 Å². The molecule has 2 heterocycles. The third-order valence-corrected chi connectivity index (χ3v) is 3.20. The average molecular weight is 263 g/mol. The molecular weight excluding hydrogens is 252 g/mol. The van der Waals surface area contributed by atoms with Crippen LogP contribution in [0.2, 0.25) is 0 Å². The predicted molar refractivity (Wildman–Crippen MR) is 77.6 cm³/mol. The van der Waals surface area contributed by atoms with Crippen molar-refractivity contribution in [3.8, 4) is 0 Å². The quantitative estimate of drug-likeness (QED) is 0.497. The first kappa shape index (κ1) is 10.9. The zero-order valence-electron chi connectivity index (χ0n) is 10.5. The monoisotopic (exact) mass is 263 g/mol. The van der Waals surface area contributed by atoms with Gasteiger partial charge in [0.1, 0.15) is 5.69 Å². The average Bonchev–Trinajstić information content (AvgIpc) is 3.13. The van der Waals surface area contributed by atoms with Crippen LogP contribution in [0.4, 0.5) is 11.4 Å². The lowest BCUT2D eigenvalue weighted by Gasteiger charge is -2.07. The molecule has 0 aliphatic carbocycles. The third-order valence-electron chi connectivity index (χ3n) is 3.20. The van der Waals surface area contributed by atoms with E-state index < -0.39 is 0 Å². The molecule has 0 atom stereocenters. The maximum atomic E-state index is 4.41. The smallest absolute Gasteiger partial charge is 0.109 e. The van der Waals surface area contributed by atoms with E-state index in [1.165, 1.54) is 0 Å². The van der Waals surface area contributed by atoms with E-state index in [0.29, 0.717) is 0 Å². The largest absolute Gasteiger partial charge is 0.278 e. The number of rotatable bonds is 3. The number of anilines is 1. The van der Waals surface area contributed by atoms with Crippen molar-refractivity contribution in [3.63, 3.8) is 0 Å². The molecule has 0 amide bonds. The summed E-state index contributed by atoms with van der Waals surface area (Å²) in [6.45, 7) is 0. The van der Waals surface area contributed by atoms with E-state index in [4.69, 9.17) is 0 Å². The van der Waals surface area contributed by atoms with E-state index in [2.05, 4.69) is 31.2 Å². The van der Waals surface area contributed by atoms with Crippen molar-refractivity contribution in [2.75, 3.05) is 5.43 Å². The number of aromatic nitrogens is 4. The minimum absolute atomic E-state index is 0.824. The minimum Gasteiger partial charge on any atom is -0.278 e. The summed E-state index contributed by atoms with van der Waals surface area (Å²) in [7, 11) is 0. The van der Waals surface area contributed by atoms with E-state index >= 15 is 0 Å². The van der Waals surface area contributed by atoms with Crippen molar-refractivity contribution in [1.29, 1.82) is 0 Å². The summed E-state index contributed by atoms with van der Waals surface area (Å²) in [6.07, 6.45) is 3.58. The van der Waals surface area contributed by atoms with Crippen LogP contribution in [0.5, 0.6) is 0 Å². The molecule has 0 spiro atoms. The first-order valence-electron chi connectivity index (χ1n) is 6.22. The van der Waals surface area contributed by atoms with Crippen LogP contribution in [0.15, 0.2) is 48.8 Å². The molecule has 0 saturated carbocycles. The molecule has 3 N–H and O–H groups in total. The normalized spacial score (nSPS) is 11.0. The van der Waals surface area contributed by atoms with Gasteiger partial charge < -0.3 is 0 Å². The summed E-state index contributed by atoms with van der Waals surface area (Å²) in [4.78, 5) is 0. The fourth-order valence-electron chi connectivity index (χ4n) is 2.18. The highest BCUT2D eigenvalue weighted by molar-refractivity contribution is 5.88. The van der Waals surface area contributed by atoms with Gasteiger partial charge in [0, 0.05) is 10.8 Å². The maximum absolute atomic E-state index is 4.41. The highest BCUT2D eigenvalue weighted by atomic mass is 15.4. The van der Waals surface area contributed by atoms with E-state index in [9.17, 15) is 0 Å². The molecule has 0 fully saturated rings. The Morgan fingerprint density at radius 1 is 0.950 bits per heavy atom. The van der Waals surface area contributed by atoms with Gasteiger partial charge >= 0.3 is 0 Å². The predicted octanol–water partition coefficient (Wildman–Crippen LogP) is 2.70. The van der Waals surface area contributed by atoms with Crippen molar-refractivity contribution >= 4 is 33.2 Å². The van der Waals surface area contributed by atoms with Gasteiger partial charge in [-0.1, -0.05) is 12.1 Å². The number of nitrogens with zero attached hydrogens (tertiary/aromatic N) is 3. The Morgan fingerprint density at radius 2 is 1.85 bits per heavy atom. The molecule has 0 bridgehead atoms. The van der Waals surface area contributed by atoms with E-state index in [0.717, 1.165) is 33.2 Å². The summed E-state index contributed by atoms with van der Waals surface area (Å²) >= 11 is 0. The van der Waals surface area contributed by atoms with Crippen LogP contribution in [0.3, 0.4) is 0 Å². The van der Waals surface area contributed by atoms with Crippen molar-refractivity contribution in [2.45, 2.75) is 0 Å². The molecular formula is C14H11N6. The van der Waals surface area contributed by atoms with Gasteiger partial charge in [-0.05, 0) is 24.3 Å². The highest BCUT2D eigenvalue weighted by Gasteiger charge is 2.04. The summed E-state index contributed by atoms with van der Waals surface area (Å²) in [5, 5.41) is 16.0. The van der Waals surface area contributed by atoms with Crippen molar-refractivity contribution in [3.05, 3.63) is 48.8 Å². The van der Waals surface area contributed by atoms with Gasteiger partial charge in [-0.3, -0.25) is 15.6 Å². The number of nitrogens with one attached hydrogen (secondary N) is 3. The Bertz CT molecular complexity index is 875. The third kappa shape index (κ3) is 1.74. The van der Waals surface area contributed by atoms with Crippen LogP contribution in [0.25, 0.3) is 21.8 Å². The summed E-state index contributed by atoms with van der Waals surface area (Å²) in [5.74, 6) is 0. The lowest BCUT2D eigenvalue weighted by Crippen LogP contribution is -2.07. The van der Waals surface area contributed by atoms with Gasteiger partial charge in [0.15, 0.2) is 0 Å². The topological polar surface area (TPSA) is 83.5 Å². The molecule has 2 aromatic carbocycles. The van der Waals surface area contributed by atoms with Crippen molar-refractivity contribution in [2.24, 2.45) is 0 Å². The van der Waals surface area contributed by atoms with Gasteiger partial charge in [0.25, 0.3) is 0 Å². The Balaban J connectivity index is 1.61. The van der Waals surface area contributed by atoms with E-state index in [1.807, 2.05) is 36.4 Å². The fourth-order valence-corrected chi connectivity index (χ4v) is 2.18. The van der Waals surface area contributed by atoms with Crippen LogP contribution in [0, 0.1) is 0 Å². The molecule has 4 rings (SSSR count). The molecule has 2 aromatic heterocycles. The van der Waals surface area contributed by atoms with Crippen LogP contribution >= 0.6 is 0 Å². The van der Waals surface area contributed by atoms with Crippen LogP contribution in [-0.4, -0.2) is 20.4 Å². The molecule has 97 valence electrons. The lowest BCUT2D eigenvalue weighted by atomic mass is 10.2. The number of aromatic amines is 2. The number of hydrogen-bond donors (Lipinski definition) is 3. The summed E-state index contributed by atoms with van der Waals surface area (Å²) in [5.41, 5.74) is 11.1. The number of fused-ring (bicyclic) bond motifs is 2. The molecule has 6 nitrogen and oxygen atoms in total. The number of hydrogen-bond acceptors (Lipinski definition) is 3. The zero-order valence-corrected chi connectivity index (χ0v) is 10.5. The first-order chi connectivity index (χ1) is 9.90. The van der Waals surface area contributed by atoms with Gasteiger partial charge in [0.05, 0.1) is 29.1 Å². The van der Waals surface area contributed by atoms with Gasteiger partial charge in [0.2, 0.25) is 0 Å². The number of benzene rings is 2. The number of para-hydroxylation sites is 1. The Morgan fingerprint density at radius 3 is 2.85 bits per heavy atom. The first-order valence-corrected chi connectivity index (χ1v) is 6.22. The van der Waals surface area contributed by atoms with E-state index in [1.54, 1.807) is 12.4 Å². The zero-order chi connectivity index (χ0) is 13.4. The SMILES string of the molecule is c1cc([N]Nc2ccc3cn[nH]c3c2)c2[nH]ncc2c1. The van der Waals surface area contributed by atoms with Crippen LogP contribution in [-0.2, 0) is 0 Å². The molecule has 0 saturated heterocycles. The molecule has 0 aliphatic rings. The lowest BCUT2D eigenvalue weighted by molar-refractivity contribution is 1.04. The molecule has 6 heteroatoms. The second-order valence-corrected chi connectivity index (χ2v) is 4.51. The molecule has 4 aromatic rings. The summed E-state index contributed by atoms with van der Waals surface area (Å²) in [6, 6.07) is 11.8. The van der Waals surface area contributed by atoms with E-state index in [-0.39, 0.29) is 0 Å². The fraction of sp³-hybridized carbons (Fsp3) is 0. The van der Waals surface area contributed by atoms with Gasteiger partial charge in [-0.25, -0.2) is 0 Å². The van der Waals surface area contributed by atoms with Gasteiger partial charge in [-0.2, -0.15) is 15.6 Å². The molecule has 0 unspecified atom stereocenters. The van der Waals surface area contributed by atoms with Crippen LogP contribution < -0.4 is 10.9 Å². The Kier molecular flexibility index (Phi) is 2.32. The maximum Gasteiger partial charge on any atom is 0.109 e.